The molecule has 18 heavy (non-hydrogen) atoms. The average molecular weight is 274 g/mol. The van der Waals surface area contributed by atoms with Gasteiger partial charge in [-0.1, -0.05) is 41.1 Å². The maximum atomic E-state index is 8.83. The van der Waals surface area contributed by atoms with Crippen molar-refractivity contribution in [1.82, 2.24) is 0 Å². The highest BCUT2D eigenvalue weighted by Gasteiger charge is 2.05. The normalized spacial score (nSPS) is 10.1. The second-order valence-corrected chi connectivity index (χ2v) is 5.65. The smallest absolute Gasteiger partial charge is 0.101 e. The molecule has 0 saturated heterocycles. The van der Waals surface area contributed by atoms with Crippen molar-refractivity contribution in [2.45, 2.75) is 23.6 Å². The summed E-state index contributed by atoms with van der Waals surface area (Å²) in [5.41, 5.74) is 3.02. The fraction of sp³-hybridized carbons (Fsp3) is 0.133. The van der Waals surface area contributed by atoms with E-state index in [1.54, 1.807) is 17.8 Å². The Morgan fingerprint density at radius 2 is 1.89 bits per heavy atom. The summed E-state index contributed by atoms with van der Waals surface area (Å²) in [6.45, 7) is 4.18. The zero-order valence-electron chi connectivity index (χ0n) is 10.2. The minimum absolute atomic E-state index is 0.507. The second-order valence-electron chi connectivity index (χ2n) is 4.12. The zero-order chi connectivity index (χ0) is 13.1. The van der Waals surface area contributed by atoms with Crippen LogP contribution in [-0.2, 0) is 0 Å². The van der Waals surface area contributed by atoms with E-state index < -0.39 is 0 Å². The maximum absolute atomic E-state index is 8.83. The molecular formula is C15H12ClNS. The van der Waals surface area contributed by atoms with Gasteiger partial charge in [-0.15, -0.1) is 0 Å². The van der Waals surface area contributed by atoms with E-state index in [0.717, 1.165) is 4.90 Å². The van der Waals surface area contributed by atoms with Crippen molar-refractivity contribution in [3.8, 4) is 6.07 Å². The molecule has 2 rings (SSSR count). The Morgan fingerprint density at radius 1 is 1.11 bits per heavy atom. The first-order valence-electron chi connectivity index (χ1n) is 5.55. The Kier molecular flexibility index (Phi) is 3.96. The van der Waals surface area contributed by atoms with Crippen LogP contribution in [0.25, 0.3) is 0 Å². The SMILES string of the molecule is Cc1ccc(Sc2ccc(C#N)c(Cl)c2)c(C)c1. The third kappa shape index (κ3) is 2.87. The van der Waals surface area contributed by atoms with Crippen molar-refractivity contribution in [3.05, 3.63) is 58.1 Å². The van der Waals surface area contributed by atoms with E-state index in [-0.39, 0.29) is 0 Å². The van der Waals surface area contributed by atoms with Crippen LogP contribution < -0.4 is 0 Å². The van der Waals surface area contributed by atoms with Gasteiger partial charge >= 0.3 is 0 Å². The first-order valence-corrected chi connectivity index (χ1v) is 6.74. The summed E-state index contributed by atoms with van der Waals surface area (Å²) in [7, 11) is 0. The summed E-state index contributed by atoms with van der Waals surface area (Å²) < 4.78 is 0. The predicted molar refractivity (Wildman–Crippen MR) is 76.2 cm³/mol. The number of nitriles is 1. The first-order chi connectivity index (χ1) is 8.60. The zero-order valence-corrected chi connectivity index (χ0v) is 11.8. The van der Waals surface area contributed by atoms with Crippen LogP contribution in [0.5, 0.6) is 0 Å². The van der Waals surface area contributed by atoms with Crippen molar-refractivity contribution in [3.63, 3.8) is 0 Å². The lowest BCUT2D eigenvalue weighted by Crippen LogP contribution is -1.83. The van der Waals surface area contributed by atoms with Crippen molar-refractivity contribution < 1.29 is 0 Å². The van der Waals surface area contributed by atoms with E-state index >= 15 is 0 Å². The largest absolute Gasteiger partial charge is 0.192 e. The molecule has 0 unspecified atom stereocenters. The Hall–Kier alpha value is -1.43. The van der Waals surface area contributed by atoms with Gasteiger partial charge in [0.1, 0.15) is 6.07 Å². The summed E-state index contributed by atoms with van der Waals surface area (Å²) in [5.74, 6) is 0. The topological polar surface area (TPSA) is 23.8 Å². The van der Waals surface area contributed by atoms with Gasteiger partial charge in [0.25, 0.3) is 0 Å². The molecule has 0 N–H and O–H groups in total. The van der Waals surface area contributed by atoms with Gasteiger partial charge < -0.3 is 0 Å². The Labute approximate surface area is 116 Å². The summed E-state index contributed by atoms with van der Waals surface area (Å²) in [6, 6.07) is 14.0. The Bertz CT molecular complexity index is 629. The molecule has 0 saturated carbocycles. The maximum Gasteiger partial charge on any atom is 0.101 e. The van der Waals surface area contributed by atoms with Crippen LogP contribution in [-0.4, -0.2) is 0 Å². The van der Waals surface area contributed by atoms with Crippen molar-refractivity contribution in [1.29, 1.82) is 5.26 Å². The van der Waals surface area contributed by atoms with Gasteiger partial charge in [0.2, 0.25) is 0 Å². The molecule has 1 nitrogen and oxygen atoms in total. The molecule has 0 heterocycles. The van der Waals surface area contributed by atoms with Crippen LogP contribution in [0.15, 0.2) is 46.2 Å². The fourth-order valence-corrected chi connectivity index (χ4v) is 2.90. The minimum atomic E-state index is 0.507. The van der Waals surface area contributed by atoms with Crippen LogP contribution in [0.1, 0.15) is 16.7 Å². The van der Waals surface area contributed by atoms with Gasteiger partial charge in [-0.3, -0.25) is 0 Å². The molecule has 0 spiro atoms. The molecule has 0 aliphatic heterocycles. The van der Waals surface area contributed by atoms with Crippen LogP contribution in [0, 0.1) is 25.2 Å². The number of hydrogen-bond donors (Lipinski definition) is 0. The van der Waals surface area contributed by atoms with E-state index in [1.807, 2.05) is 12.1 Å². The van der Waals surface area contributed by atoms with Crippen LogP contribution in [0.2, 0.25) is 5.02 Å². The molecule has 3 heteroatoms. The Balaban J connectivity index is 2.29. The number of halogens is 1. The Morgan fingerprint density at radius 3 is 2.50 bits per heavy atom. The van der Waals surface area contributed by atoms with Gasteiger partial charge in [0, 0.05) is 9.79 Å². The van der Waals surface area contributed by atoms with Gasteiger partial charge in [0.15, 0.2) is 0 Å². The van der Waals surface area contributed by atoms with Crippen LogP contribution >= 0.6 is 23.4 Å². The first kappa shape index (κ1) is 13.0. The number of benzene rings is 2. The van der Waals surface area contributed by atoms with E-state index in [0.29, 0.717) is 10.6 Å². The lowest BCUT2D eigenvalue weighted by atomic mass is 10.2. The highest BCUT2D eigenvalue weighted by Crippen LogP contribution is 2.32. The van der Waals surface area contributed by atoms with Gasteiger partial charge in [0.05, 0.1) is 10.6 Å². The summed E-state index contributed by atoms with van der Waals surface area (Å²) in [4.78, 5) is 2.26. The lowest BCUT2D eigenvalue weighted by molar-refractivity contribution is 1.26. The fourth-order valence-electron chi connectivity index (χ4n) is 1.69. The third-order valence-corrected chi connectivity index (χ3v) is 4.10. The standard InChI is InChI=1S/C15H12ClNS/c1-10-3-6-15(11(2)7-10)18-13-5-4-12(9-17)14(16)8-13/h3-8H,1-2H3. The molecule has 2 aromatic carbocycles. The molecule has 0 radical (unpaired) electrons. The molecule has 0 amide bonds. The van der Waals surface area contributed by atoms with Crippen molar-refractivity contribution in [2.24, 2.45) is 0 Å². The number of nitrogens with zero attached hydrogens (tertiary/aromatic N) is 1. The van der Waals surface area contributed by atoms with E-state index in [4.69, 9.17) is 16.9 Å². The molecule has 0 atom stereocenters. The van der Waals surface area contributed by atoms with Crippen molar-refractivity contribution >= 4 is 23.4 Å². The van der Waals surface area contributed by atoms with E-state index in [2.05, 4.69) is 38.1 Å². The van der Waals surface area contributed by atoms with Crippen LogP contribution in [0.4, 0.5) is 0 Å². The van der Waals surface area contributed by atoms with Gasteiger partial charge in [-0.25, -0.2) is 0 Å². The molecule has 0 fully saturated rings. The van der Waals surface area contributed by atoms with Crippen LogP contribution in [0.3, 0.4) is 0 Å². The number of rotatable bonds is 2. The average Bonchev–Trinajstić information content (AvgIpc) is 2.33. The molecule has 90 valence electrons. The summed E-state index contributed by atoms with van der Waals surface area (Å²) in [6.07, 6.45) is 0. The summed E-state index contributed by atoms with van der Waals surface area (Å²) >= 11 is 7.69. The lowest BCUT2D eigenvalue weighted by Gasteiger charge is -2.07. The summed E-state index contributed by atoms with van der Waals surface area (Å²) in [5, 5.41) is 9.34. The van der Waals surface area contributed by atoms with Crippen molar-refractivity contribution in [2.75, 3.05) is 0 Å². The monoisotopic (exact) mass is 273 g/mol. The third-order valence-electron chi connectivity index (χ3n) is 2.62. The highest BCUT2D eigenvalue weighted by atomic mass is 35.5. The second kappa shape index (κ2) is 5.48. The molecule has 0 aromatic heterocycles. The molecule has 0 aliphatic rings. The number of aryl methyl sites for hydroxylation is 2. The van der Waals surface area contributed by atoms with Gasteiger partial charge in [-0.2, -0.15) is 5.26 Å². The molecule has 0 aliphatic carbocycles. The van der Waals surface area contributed by atoms with E-state index in [1.165, 1.54) is 16.0 Å². The highest BCUT2D eigenvalue weighted by molar-refractivity contribution is 7.99. The quantitative estimate of drug-likeness (QED) is 0.770. The van der Waals surface area contributed by atoms with E-state index in [9.17, 15) is 0 Å². The number of hydrogen-bond acceptors (Lipinski definition) is 2. The minimum Gasteiger partial charge on any atom is -0.192 e. The molecular weight excluding hydrogens is 262 g/mol. The van der Waals surface area contributed by atoms with Gasteiger partial charge in [-0.05, 0) is 43.7 Å². The predicted octanol–water partition coefficient (Wildman–Crippen LogP) is 4.98. The molecule has 2 aromatic rings. The molecule has 0 bridgehead atoms.